The van der Waals surface area contributed by atoms with Crippen LogP contribution in [-0.4, -0.2) is 30.6 Å². The Hall–Kier alpha value is -0.930. The molecular weight excluding hydrogens is 227 g/mol. The third-order valence-electron chi connectivity index (χ3n) is 3.69. The van der Waals surface area contributed by atoms with Crippen LogP contribution in [0.4, 0.5) is 4.39 Å². The molecule has 0 saturated heterocycles. The number of rotatable bonds is 7. The van der Waals surface area contributed by atoms with Crippen molar-refractivity contribution in [3.8, 4) is 0 Å². The number of benzene rings is 1. The van der Waals surface area contributed by atoms with Crippen LogP contribution in [0.2, 0.25) is 0 Å². The Morgan fingerprint density at radius 3 is 2.56 bits per heavy atom. The van der Waals surface area contributed by atoms with Crippen molar-refractivity contribution < 1.29 is 4.39 Å². The lowest BCUT2D eigenvalue weighted by atomic mass is 10.1. The minimum Gasteiger partial charge on any atom is -0.309 e. The van der Waals surface area contributed by atoms with Crippen LogP contribution in [0.3, 0.4) is 0 Å². The Kier molecular flexibility index (Phi) is 4.72. The van der Waals surface area contributed by atoms with Crippen LogP contribution < -0.4 is 5.32 Å². The zero-order chi connectivity index (χ0) is 13.0. The molecule has 1 N–H and O–H groups in total. The maximum absolute atomic E-state index is 12.8. The molecule has 1 fully saturated rings. The van der Waals surface area contributed by atoms with Crippen molar-refractivity contribution >= 4 is 0 Å². The van der Waals surface area contributed by atoms with Gasteiger partial charge in [0, 0.05) is 25.2 Å². The quantitative estimate of drug-likeness (QED) is 0.800. The summed E-state index contributed by atoms with van der Waals surface area (Å²) in [6.07, 6.45) is 2.72. The average Bonchev–Trinajstić information content (AvgIpc) is 3.19. The van der Waals surface area contributed by atoms with Crippen LogP contribution in [0.25, 0.3) is 0 Å². The van der Waals surface area contributed by atoms with E-state index in [1.165, 1.54) is 25.0 Å². The Balaban J connectivity index is 1.73. The van der Waals surface area contributed by atoms with Crippen LogP contribution in [0.1, 0.15) is 38.3 Å². The summed E-state index contributed by atoms with van der Waals surface area (Å²) in [5.41, 5.74) is 1.14. The maximum Gasteiger partial charge on any atom is 0.123 e. The van der Waals surface area contributed by atoms with Crippen molar-refractivity contribution in [2.24, 2.45) is 0 Å². The van der Waals surface area contributed by atoms with E-state index in [1.807, 2.05) is 12.1 Å². The molecule has 0 amide bonds. The monoisotopic (exact) mass is 250 g/mol. The summed E-state index contributed by atoms with van der Waals surface area (Å²) in [5, 5.41) is 3.50. The minimum atomic E-state index is -0.170. The summed E-state index contributed by atoms with van der Waals surface area (Å²) in [6, 6.07) is 7.87. The van der Waals surface area contributed by atoms with E-state index in [-0.39, 0.29) is 11.9 Å². The fourth-order valence-corrected chi connectivity index (χ4v) is 2.33. The van der Waals surface area contributed by atoms with E-state index in [2.05, 4.69) is 24.1 Å². The van der Waals surface area contributed by atoms with Gasteiger partial charge in [-0.1, -0.05) is 19.1 Å². The number of halogens is 1. The van der Waals surface area contributed by atoms with Gasteiger partial charge in [0.15, 0.2) is 0 Å². The SMILES string of the molecule is CCN(CCNC(C)c1ccc(F)cc1)C1CC1. The molecule has 1 aliphatic rings. The molecule has 0 bridgehead atoms. The molecule has 0 aliphatic heterocycles. The highest BCUT2D eigenvalue weighted by atomic mass is 19.1. The first kappa shape index (κ1) is 13.5. The normalized spacial score (nSPS) is 17.1. The van der Waals surface area contributed by atoms with E-state index in [4.69, 9.17) is 0 Å². The number of hydrogen-bond donors (Lipinski definition) is 1. The molecule has 0 aromatic heterocycles. The first-order valence-electron chi connectivity index (χ1n) is 6.93. The van der Waals surface area contributed by atoms with Gasteiger partial charge in [-0.05, 0) is 44.0 Å². The lowest BCUT2D eigenvalue weighted by molar-refractivity contribution is 0.273. The van der Waals surface area contributed by atoms with E-state index >= 15 is 0 Å². The molecule has 2 rings (SSSR count). The fourth-order valence-electron chi connectivity index (χ4n) is 2.33. The second-order valence-corrected chi connectivity index (χ2v) is 5.09. The van der Waals surface area contributed by atoms with Gasteiger partial charge in [0.1, 0.15) is 5.82 Å². The average molecular weight is 250 g/mol. The van der Waals surface area contributed by atoms with Crippen LogP contribution in [0, 0.1) is 5.82 Å². The zero-order valence-corrected chi connectivity index (χ0v) is 11.3. The van der Waals surface area contributed by atoms with E-state index in [9.17, 15) is 4.39 Å². The summed E-state index contributed by atoms with van der Waals surface area (Å²) in [6.45, 7) is 7.58. The molecule has 0 radical (unpaired) electrons. The molecule has 2 nitrogen and oxygen atoms in total. The molecule has 1 aliphatic carbocycles. The number of nitrogens with one attached hydrogen (secondary N) is 1. The van der Waals surface area contributed by atoms with Crippen LogP contribution in [0.5, 0.6) is 0 Å². The third kappa shape index (κ3) is 3.79. The Bertz CT molecular complexity index is 359. The highest BCUT2D eigenvalue weighted by Gasteiger charge is 2.27. The minimum absolute atomic E-state index is 0.170. The Morgan fingerprint density at radius 1 is 1.33 bits per heavy atom. The van der Waals surface area contributed by atoms with Gasteiger partial charge in [0.2, 0.25) is 0 Å². The van der Waals surface area contributed by atoms with Crippen LogP contribution >= 0.6 is 0 Å². The molecular formula is C15H23FN2. The highest BCUT2D eigenvalue weighted by molar-refractivity contribution is 5.19. The molecule has 100 valence electrons. The molecule has 1 unspecified atom stereocenters. The largest absolute Gasteiger partial charge is 0.309 e. The second-order valence-electron chi connectivity index (χ2n) is 5.09. The number of likely N-dealkylation sites (N-methyl/N-ethyl adjacent to an activating group) is 1. The van der Waals surface area contributed by atoms with Crippen molar-refractivity contribution in [1.82, 2.24) is 10.2 Å². The van der Waals surface area contributed by atoms with Gasteiger partial charge in [0.25, 0.3) is 0 Å². The van der Waals surface area contributed by atoms with Gasteiger partial charge >= 0.3 is 0 Å². The zero-order valence-electron chi connectivity index (χ0n) is 11.3. The summed E-state index contributed by atoms with van der Waals surface area (Å²) < 4.78 is 12.8. The van der Waals surface area contributed by atoms with E-state index in [0.29, 0.717) is 0 Å². The van der Waals surface area contributed by atoms with Gasteiger partial charge in [-0.2, -0.15) is 0 Å². The smallest absolute Gasteiger partial charge is 0.123 e. The molecule has 1 atom stereocenters. The number of nitrogens with zero attached hydrogens (tertiary/aromatic N) is 1. The van der Waals surface area contributed by atoms with Gasteiger partial charge in [0.05, 0.1) is 0 Å². The predicted octanol–water partition coefficient (Wildman–Crippen LogP) is 2.96. The summed E-state index contributed by atoms with van der Waals surface area (Å²) in [7, 11) is 0. The van der Waals surface area contributed by atoms with Crippen LogP contribution in [0.15, 0.2) is 24.3 Å². The van der Waals surface area contributed by atoms with E-state index in [1.54, 1.807) is 0 Å². The van der Waals surface area contributed by atoms with Crippen molar-refractivity contribution in [3.63, 3.8) is 0 Å². The maximum atomic E-state index is 12.8. The van der Waals surface area contributed by atoms with Crippen molar-refractivity contribution in [2.75, 3.05) is 19.6 Å². The van der Waals surface area contributed by atoms with Crippen molar-refractivity contribution in [2.45, 2.75) is 38.8 Å². The molecule has 1 aromatic carbocycles. The lowest BCUT2D eigenvalue weighted by Crippen LogP contribution is -2.34. The topological polar surface area (TPSA) is 15.3 Å². The van der Waals surface area contributed by atoms with Gasteiger partial charge < -0.3 is 5.32 Å². The molecule has 3 heteroatoms. The van der Waals surface area contributed by atoms with Gasteiger partial charge in [-0.15, -0.1) is 0 Å². The Morgan fingerprint density at radius 2 is 2.00 bits per heavy atom. The summed E-state index contributed by atoms with van der Waals surface area (Å²) in [4.78, 5) is 2.53. The third-order valence-corrected chi connectivity index (χ3v) is 3.69. The lowest BCUT2D eigenvalue weighted by Gasteiger charge is -2.21. The predicted molar refractivity (Wildman–Crippen MR) is 73.1 cm³/mol. The Labute approximate surface area is 109 Å². The molecule has 18 heavy (non-hydrogen) atoms. The van der Waals surface area contributed by atoms with Gasteiger partial charge in [-0.3, -0.25) is 4.90 Å². The first-order chi connectivity index (χ1) is 8.70. The standard InChI is InChI=1S/C15H23FN2/c1-3-18(15-8-9-15)11-10-17-12(2)13-4-6-14(16)7-5-13/h4-7,12,15,17H,3,8-11H2,1-2H3. The summed E-state index contributed by atoms with van der Waals surface area (Å²) >= 11 is 0. The molecule has 1 aromatic rings. The van der Waals surface area contributed by atoms with Crippen LogP contribution in [-0.2, 0) is 0 Å². The molecule has 0 heterocycles. The fraction of sp³-hybridized carbons (Fsp3) is 0.600. The molecule has 1 saturated carbocycles. The first-order valence-corrected chi connectivity index (χ1v) is 6.93. The summed E-state index contributed by atoms with van der Waals surface area (Å²) in [5.74, 6) is -0.170. The number of hydrogen-bond acceptors (Lipinski definition) is 2. The molecule has 0 spiro atoms. The second kappa shape index (κ2) is 6.30. The van der Waals surface area contributed by atoms with Crippen molar-refractivity contribution in [3.05, 3.63) is 35.6 Å². The van der Waals surface area contributed by atoms with Crippen molar-refractivity contribution in [1.29, 1.82) is 0 Å². The van der Waals surface area contributed by atoms with E-state index < -0.39 is 0 Å². The highest BCUT2D eigenvalue weighted by Crippen LogP contribution is 2.25. The van der Waals surface area contributed by atoms with Gasteiger partial charge in [-0.25, -0.2) is 4.39 Å². The van der Waals surface area contributed by atoms with E-state index in [0.717, 1.165) is 31.2 Å².